The molecule has 0 atom stereocenters. The Labute approximate surface area is 141 Å². The number of unbranched alkanes of at least 4 members (excludes halogenated alkanes) is 1. The largest absolute Gasteiger partial charge is 0.376 e. The van der Waals surface area contributed by atoms with Gasteiger partial charge < -0.3 is 15.4 Å². The van der Waals surface area contributed by atoms with Gasteiger partial charge in [0.25, 0.3) is 0 Å². The number of guanidine groups is 1. The maximum Gasteiger partial charge on any atom is 0.191 e. The molecule has 0 aromatic carbocycles. The Kier molecular flexibility index (Phi) is 13.9. The molecule has 0 unspecified atom stereocenters. The molecule has 2 N–H and O–H groups in total. The van der Waals surface area contributed by atoms with Crippen LogP contribution in [0.2, 0.25) is 0 Å². The van der Waals surface area contributed by atoms with Gasteiger partial charge in [0.05, 0.1) is 12.7 Å². The molecule has 20 heavy (non-hydrogen) atoms. The van der Waals surface area contributed by atoms with E-state index in [-0.39, 0.29) is 24.0 Å². The molecule has 5 heteroatoms. The highest BCUT2D eigenvalue weighted by atomic mass is 127. The van der Waals surface area contributed by atoms with Crippen molar-refractivity contribution in [3.8, 4) is 0 Å². The number of hydrogen-bond acceptors (Lipinski definition) is 2. The smallest absolute Gasteiger partial charge is 0.191 e. The van der Waals surface area contributed by atoms with Crippen LogP contribution in [0.1, 0.15) is 58.3 Å². The highest BCUT2D eigenvalue weighted by Gasteiger charge is 2.11. The van der Waals surface area contributed by atoms with Crippen LogP contribution in [0.5, 0.6) is 0 Å². The summed E-state index contributed by atoms with van der Waals surface area (Å²) in [5.74, 6) is 0.887. The first-order valence-electron chi connectivity index (χ1n) is 7.93. The van der Waals surface area contributed by atoms with Gasteiger partial charge >= 0.3 is 0 Å². The van der Waals surface area contributed by atoms with Crippen molar-refractivity contribution in [3.63, 3.8) is 0 Å². The molecule has 4 nitrogen and oxygen atoms in total. The van der Waals surface area contributed by atoms with Crippen LogP contribution in [-0.4, -0.2) is 38.8 Å². The van der Waals surface area contributed by atoms with Crippen molar-refractivity contribution < 1.29 is 4.74 Å². The van der Waals surface area contributed by atoms with Gasteiger partial charge in [-0.25, -0.2) is 0 Å². The zero-order valence-electron chi connectivity index (χ0n) is 13.1. The van der Waals surface area contributed by atoms with E-state index >= 15 is 0 Å². The number of ether oxygens (including phenoxy) is 1. The molecule has 0 aromatic rings. The van der Waals surface area contributed by atoms with Gasteiger partial charge in [-0.2, -0.15) is 0 Å². The first-order chi connectivity index (χ1) is 9.36. The summed E-state index contributed by atoms with van der Waals surface area (Å²) in [7, 11) is 1.81. The normalized spacial score (nSPS) is 17.2. The van der Waals surface area contributed by atoms with Crippen LogP contribution in [0.25, 0.3) is 0 Å². The predicted octanol–water partition coefficient (Wildman–Crippen LogP) is 3.31. The summed E-state index contributed by atoms with van der Waals surface area (Å²) in [6.45, 7) is 4.79. The van der Waals surface area contributed by atoms with Crippen LogP contribution in [0.3, 0.4) is 0 Å². The van der Waals surface area contributed by atoms with Crippen molar-refractivity contribution in [3.05, 3.63) is 0 Å². The fourth-order valence-corrected chi connectivity index (χ4v) is 2.41. The number of nitrogens with zero attached hydrogens (tertiary/aromatic N) is 1. The fourth-order valence-electron chi connectivity index (χ4n) is 2.41. The third-order valence-electron chi connectivity index (χ3n) is 3.60. The quantitative estimate of drug-likeness (QED) is 0.228. The molecule has 0 spiro atoms. The molecule has 1 aliphatic rings. The Morgan fingerprint density at radius 1 is 1.10 bits per heavy atom. The van der Waals surface area contributed by atoms with Gasteiger partial charge in [0.2, 0.25) is 0 Å². The van der Waals surface area contributed by atoms with Crippen LogP contribution in [0.15, 0.2) is 4.99 Å². The molecule has 0 amide bonds. The molecule has 0 bridgehead atoms. The molecule has 1 saturated carbocycles. The summed E-state index contributed by atoms with van der Waals surface area (Å²) in [4.78, 5) is 4.20. The van der Waals surface area contributed by atoms with Crippen molar-refractivity contribution in [1.82, 2.24) is 10.6 Å². The van der Waals surface area contributed by atoms with E-state index in [2.05, 4.69) is 22.5 Å². The Morgan fingerprint density at radius 3 is 2.35 bits per heavy atom. The third kappa shape index (κ3) is 9.80. The van der Waals surface area contributed by atoms with Crippen molar-refractivity contribution in [2.45, 2.75) is 64.4 Å². The predicted molar refractivity (Wildman–Crippen MR) is 97.1 cm³/mol. The van der Waals surface area contributed by atoms with E-state index in [1.807, 2.05) is 7.05 Å². The van der Waals surface area contributed by atoms with Crippen LogP contribution in [0.4, 0.5) is 0 Å². The summed E-state index contributed by atoms with van der Waals surface area (Å²) in [6.07, 6.45) is 10.8. The standard InChI is InChI=1S/C15H31N3O.HI/c1-3-4-11-17-15(16-2)18-12-13-19-14-9-7-5-6-8-10-14;/h14H,3-13H2,1-2H3,(H2,16,17,18);1H. The highest BCUT2D eigenvalue weighted by Crippen LogP contribution is 2.19. The highest BCUT2D eigenvalue weighted by molar-refractivity contribution is 14.0. The molecule has 1 aliphatic carbocycles. The zero-order chi connectivity index (χ0) is 13.8. The topological polar surface area (TPSA) is 45.7 Å². The molecule has 0 aliphatic heterocycles. The maximum absolute atomic E-state index is 5.94. The molecule has 0 radical (unpaired) electrons. The number of aliphatic imine (C=N–C) groups is 1. The molecule has 0 saturated heterocycles. The Hall–Kier alpha value is -0.0400. The van der Waals surface area contributed by atoms with Crippen molar-refractivity contribution in [1.29, 1.82) is 0 Å². The Morgan fingerprint density at radius 2 is 1.75 bits per heavy atom. The Balaban J connectivity index is 0.00000361. The summed E-state index contributed by atoms with van der Waals surface area (Å²) >= 11 is 0. The maximum atomic E-state index is 5.94. The molecule has 0 heterocycles. The van der Waals surface area contributed by atoms with E-state index in [0.717, 1.165) is 25.7 Å². The van der Waals surface area contributed by atoms with Crippen LogP contribution in [-0.2, 0) is 4.74 Å². The van der Waals surface area contributed by atoms with E-state index in [1.54, 1.807) is 0 Å². The second-order valence-corrected chi connectivity index (χ2v) is 5.26. The lowest BCUT2D eigenvalue weighted by Gasteiger charge is -2.16. The SMILES string of the molecule is CCCCNC(=NC)NCCOC1CCCCCC1.I. The van der Waals surface area contributed by atoms with Crippen LogP contribution in [0, 0.1) is 0 Å². The molecule has 120 valence electrons. The van der Waals surface area contributed by atoms with Crippen molar-refractivity contribution >= 4 is 29.9 Å². The van der Waals surface area contributed by atoms with E-state index in [0.29, 0.717) is 6.10 Å². The number of rotatable bonds is 7. The van der Waals surface area contributed by atoms with Gasteiger partial charge in [0.15, 0.2) is 5.96 Å². The van der Waals surface area contributed by atoms with E-state index < -0.39 is 0 Å². The summed E-state index contributed by atoms with van der Waals surface area (Å²) < 4.78 is 5.94. The number of nitrogens with one attached hydrogen (secondary N) is 2. The molecule has 1 fully saturated rings. The average molecular weight is 397 g/mol. The fraction of sp³-hybridized carbons (Fsp3) is 0.933. The van der Waals surface area contributed by atoms with Gasteiger partial charge in [-0.05, 0) is 19.3 Å². The summed E-state index contributed by atoms with van der Waals surface area (Å²) in [5, 5.41) is 6.60. The lowest BCUT2D eigenvalue weighted by molar-refractivity contribution is 0.0468. The minimum Gasteiger partial charge on any atom is -0.376 e. The van der Waals surface area contributed by atoms with Crippen LogP contribution < -0.4 is 10.6 Å². The van der Waals surface area contributed by atoms with E-state index in [9.17, 15) is 0 Å². The number of hydrogen-bond donors (Lipinski definition) is 2. The van der Waals surface area contributed by atoms with Crippen molar-refractivity contribution in [2.75, 3.05) is 26.7 Å². The molecular weight excluding hydrogens is 365 g/mol. The third-order valence-corrected chi connectivity index (χ3v) is 3.60. The summed E-state index contributed by atoms with van der Waals surface area (Å²) in [5.41, 5.74) is 0. The lowest BCUT2D eigenvalue weighted by atomic mass is 10.1. The average Bonchev–Trinajstić information content (AvgIpc) is 2.70. The first-order valence-corrected chi connectivity index (χ1v) is 7.93. The molecule has 1 rings (SSSR count). The van der Waals surface area contributed by atoms with E-state index in [4.69, 9.17) is 4.74 Å². The zero-order valence-corrected chi connectivity index (χ0v) is 15.4. The van der Waals surface area contributed by atoms with Crippen LogP contribution >= 0.6 is 24.0 Å². The van der Waals surface area contributed by atoms with Gasteiger partial charge in [-0.3, -0.25) is 4.99 Å². The van der Waals surface area contributed by atoms with E-state index in [1.165, 1.54) is 51.4 Å². The molecule has 0 aromatic heterocycles. The minimum atomic E-state index is 0. The second kappa shape index (κ2) is 13.9. The van der Waals surface area contributed by atoms with Gasteiger partial charge in [-0.1, -0.05) is 39.0 Å². The lowest BCUT2D eigenvalue weighted by Crippen LogP contribution is -2.39. The second-order valence-electron chi connectivity index (χ2n) is 5.26. The molecular formula is C15H32IN3O. The first kappa shape index (κ1) is 20.0. The van der Waals surface area contributed by atoms with Gasteiger partial charge in [-0.15, -0.1) is 24.0 Å². The van der Waals surface area contributed by atoms with Gasteiger partial charge in [0, 0.05) is 20.1 Å². The minimum absolute atomic E-state index is 0. The summed E-state index contributed by atoms with van der Waals surface area (Å²) in [6, 6.07) is 0. The Bertz CT molecular complexity index is 241. The number of halogens is 1. The van der Waals surface area contributed by atoms with Gasteiger partial charge in [0.1, 0.15) is 0 Å². The monoisotopic (exact) mass is 397 g/mol. The van der Waals surface area contributed by atoms with Crippen molar-refractivity contribution in [2.24, 2.45) is 4.99 Å².